The molecule has 0 saturated heterocycles. The van der Waals surface area contributed by atoms with Crippen molar-refractivity contribution < 1.29 is 4.74 Å². The fourth-order valence-corrected chi connectivity index (χ4v) is 1.86. The largest absolute Gasteiger partial charge is 0.485 e. The van der Waals surface area contributed by atoms with E-state index in [2.05, 4.69) is 25.9 Å². The Morgan fingerprint density at radius 2 is 2.12 bits per heavy atom. The molecule has 88 valence electrons. The van der Waals surface area contributed by atoms with Crippen LogP contribution in [0.4, 0.5) is 0 Å². The zero-order valence-corrected chi connectivity index (χ0v) is 11.1. The van der Waals surface area contributed by atoms with Crippen molar-refractivity contribution in [2.24, 2.45) is 0 Å². The number of nitrogens with zero attached hydrogens (tertiary/aromatic N) is 2. The second-order valence-corrected chi connectivity index (χ2v) is 4.20. The van der Waals surface area contributed by atoms with Gasteiger partial charge in [-0.25, -0.2) is 0 Å². The van der Waals surface area contributed by atoms with E-state index in [0.717, 1.165) is 22.8 Å². The molecule has 4 heteroatoms. The van der Waals surface area contributed by atoms with Crippen LogP contribution >= 0.6 is 15.9 Å². The summed E-state index contributed by atoms with van der Waals surface area (Å²) >= 11 is 3.41. The van der Waals surface area contributed by atoms with Gasteiger partial charge in [-0.1, -0.05) is 22.0 Å². The third kappa shape index (κ3) is 3.27. The minimum atomic E-state index is 0.464. The Bertz CT molecular complexity index is 488. The maximum Gasteiger partial charge on any atom is 0.142 e. The van der Waals surface area contributed by atoms with Gasteiger partial charge in [-0.05, 0) is 31.2 Å². The second kappa shape index (κ2) is 5.77. The van der Waals surface area contributed by atoms with E-state index in [1.807, 2.05) is 37.3 Å². The average molecular weight is 293 g/mol. The maximum absolute atomic E-state index is 5.71. The Hall–Kier alpha value is -1.42. The van der Waals surface area contributed by atoms with Crippen molar-refractivity contribution in [3.63, 3.8) is 0 Å². The van der Waals surface area contributed by atoms with Gasteiger partial charge < -0.3 is 4.74 Å². The van der Waals surface area contributed by atoms with Gasteiger partial charge in [0.2, 0.25) is 0 Å². The molecular formula is C13H13BrN2O. The molecule has 3 nitrogen and oxygen atoms in total. The lowest BCUT2D eigenvalue weighted by atomic mass is 10.3. The first-order chi connectivity index (χ1) is 8.29. The zero-order chi connectivity index (χ0) is 12.1. The summed E-state index contributed by atoms with van der Waals surface area (Å²) in [6.07, 6.45) is 1.76. The number of halogens is 1. The molecule has 0 N–H and O–H groups in total. The van der Waals surface area contributed by atoms with Crippen LogP contribution in [0.3, 0.4) is 0 Å². The number of hydrogen-bond donors (Lipinski definition) is 0. The van der Waals surface area contributed by atoms with E-state index in [1.165, 1.54) is 0 Å². The van der Waals surface area contributed by atoms with Crippen molar-refractivity contribution in [1.29, 1.82) is 0 Å². The molecule has 0 aliphatic heterocycles. The Balaban J connectivity index is 2.09. The molecule has 0 unspecified atom stereocenters. The molecule has 0 aromatic carbocycles. The van der Waals surface area contributed by atoms with Gasteiger partial charge in [0.25, 0.3) is 0 Å². The summed E-state index contributed by atoms with van der Waals surface area (Å²) in [7, 11) is 0. The fourth-order valence-electron chi connectivity index (χ4n) is 1.46. The smallest absolute Gasteiger partial charge is 0.142 e. The van der Waals surface area contributed by atoms with Crippen molar-refractivity contribution in [2.75, 3.05) is 0 Å². The predicted octanol–water partition coefficient (Wildman–Crippen LogP) is 3.26. The molecule has 17 heavy (non-hydrogen) atoms. The number of aryl methyl sites for hydroxylation is 1. The summed E-state index contributed by atoms with van der Waals surface area (Å²) in [5, 5.41) is 0.687. The van der Waals surface area contributed by atoms with Crippen molar-refractivity contribution in [2.45, 2.75) is 18.9 Å². The molecular weight excluding hydrogens is 280 g/mol. The maximum atomic E-state index is 5.71. The van der Waals surface area contributed by atoms with Crippen molar-refractivity contribution in [1.82, 2.24) is 9.97 Å². The number of ether oxygens (including phenoxy) is 1. The molecule has 2 aromatic rings. The highest BCUT2D eigenvalue weighted by atomic mass is 79.9. The third-order valence-corrected chi connectivity index (χ3v) is 2.83. The van der Waals surface area contributed by atoms with Crippen LogP contribution in [0.15, 0.2) is 36.5 Å². The summed E-state index contributed by atoms with van der Waals surface area (Å²) in [5.74, 6) is 0.804. The highest BCUT2D eigenvalue weighted by Crippen LogP contribution is 2.20. The Labute approximate surface area is 109 Å². The summed E-state index contributed by atoms with van der Waals surface area (Å²) < 4.78 is 5.71. The quantitative estimate of drug-likeness (QED) is 0.812. The molecule has 0 saturated carbocycles. The minimum Gasteiger partial charge on any atom is -0.485 e. The van der Waals surface area contributed by atoms with Gasteiger partial charge in [-0.15, -0.1) is 0 Å². The molecule has 0 spiro atoms. The van der Waals surface area contributed by atoms with Crippen LogP contribution in [0.1, 0.15) is 17.1 Å². The van der Waals surface area contributed by atoms with Crippen LogP contribution in [0.5, 0.6) is 5.75 Å². The van der Waals surface area contributed by atoms with E-state index < -0.39 is 0 Å². The van der Waals surface area contributed by atoms with E-state index >= 15 is 0 Å². The molecule has 0 amide bonds. The standard InChI is InChI=1S/C13H13BrN2O/c1-10-5-6-13(12(8-14)16-10)17-9-11-4-2-3-7-15-11/h2-7H,8-9H2,1H3. The summed E-state index contributed by atoms with van der Waals surface area (Å²) in [4.78, 5) is 8.62. The van der Waals surface area contributed by atoms with Gasteiger partial charge in [-0.3, -0.25) is 9.97 Å². The lowest BCUT2D eigenvalue weighted by molar-refractivity contribution is 0.297. The molecule has 0 fully saturated rings. The lowest BCUT2D eigenvalue weighted by Gasteiger charge is -2.09. The number of alkyl halides is 1. The van der Waals surface area contributed by atoms with Gasteiger partial charge in [0.05, 0.1) is 11.4 Å². The van der Waals surface area contributed by atoms with E-state index in [1.54, 1.807) is 6.20 Å². The highest BCUT2D eigenvalue weighted by molar-refractivity contribution is 9.08. The molecule has 2 aromatic heterocycles. The SMILES string of the molecule is Cc1ccc(OCc2ccccn2)c(CBr)n1. The van der Waals surface area contributed by atoms with Gasteiger partial charge in [0.15, 0.2) is 0 Å². The van der Waals surface area contributed by atoms with Crippen LogP contribution in [-0.4, -0.2) is 9.97 Å². The van der Waals surface area contributed by atoms with Crippen molar-refractivity contribution in [3.05, 3.63) is 53.6 Å². The first-order valence-corrected chi connectivity index (χ1v) is 6.47. The van der Waals surface area contributed by atoms with Gasteiger partial charge >= 0.3 is 0 Å². The Morgan fingerprint density at radius 1 is 1.24 bits per heavy atom. The van der Waals surface area contributed by atoms with Gasteiger partial charge in [-0.2, -0.15) is 0 Å². The molecule has 0 aliphatic carbocycles. The van der Waals surface area contributed by atoms with Crippen molar-refractivity contribution in [3.8, 4) is 5.75 Å². The molecule has 0 radical (unpaired) electrons. The fraction of sp³-hybridized carbons (Fsp3) is 0.231. The van der Waals surface area contributed by atoms with Crippen LogP contribution in [0.2, 0.25) is 0 Å². The molecule has 2 rings (SSSR count). The van der Waals surface area contributed by atoms with E-state index in [9.17, 15) is 0 Å². The highest BCUT2D eigenvalue weighted by Gasteiger charge is 2.05. The van der Waals surface area contributed by atoms with Crippen molar-refractivity contribution >= 4 is 15.9 Å². The summed E-state index contributed by atoms with van der Waals surface area (Å²) in [6, 6.07) is 9.67. The third-order valence-electron chi connectivity index (χ3n) is 2.30. The normalized spacial score (nSPS) is 10.2. The average Bonchev–Trinajstić information content (AvgIpc) is 2.38. The molecule has 0 atom stereocenters. The lowest BCUT2D eigenvalue weighted by Crippen LogP contribution is -2.01. The van der Waals surface area contributed by atoms with E-state index in [-0.39, 0.29) is 0 Å². The first-order valence-electron chi connectivity index (χ1n) is 5.35. The summed E-state index contributed by atoms with van der Waals surface area (Å²) in [5.41, 5.74) is 2.82. The molecule has 2 heterocycles. The zero-order valence-electron chi connectivity index (χ0n) is 9.56. The molecule has 0 aliphatic rings. The van der Waals surface area contributed by atoms with Crippen LogP contribution in [0, 0.1) is 6.92 Å². The van der Waals surface area contributed by atoms with E-state index in [0.29, 0.717) is 11.9 Å². The van der Waals surface area contributed by atoms with Crippen LogP contribution in [0.25, 0.3) is 0 Å². The number of rotatable bonds is 4. The topological polar surface area (TPSA) is 35.0 Å². The van der Waals surface area contributed by atoms with Crippen LogP contribution < -0.4 is 4.74 Å². The van der Waals surface area contributed by atoms with E-state index in [4.69, 9.17) is 4.74 Å². The minimum absolute atomic E-state index is 0.464. The Morgan fingerprint density at radius 3 is 2.82 bits per heavy atom. The molecule has 0 bridgehead atoms. The van der Waals surface area contributed by atoms with Gasteiger partial charge in [0, 0.05) is 17.2 Å². The Kier molecular flexibility index (Phi) is 4.09. The predicted molar refractivity (Wildman–Crippen MR) is 70.2 cm³/mol. The first kappa shape index (κ1) is 12.0. The second-order valence-electron chi connectivity index (χ2n) is 3.64. The number of aromatic nitrogens is 2. The van der Waals surface area contributed by atoms with Gasteiger partial charge in [0.1, 0.15) is 12.4 Å². The monoisotopic (exact) mass is 292 g/mol. The number of pyridine rings is 2. The number of hydrogen-bond acceptors (Lipinski definition) is 3. The summed E-state index contributed by atoms with van der Waals surface area (Å²) in [6.45, 7) is 2.43. The van der Waals surface area contributed by atoms with Crippen LogP contribution in [-0.2, 0) is 11.9 Å².